The van der Waals surface area contributed by atoms with Gasteiger partial charge >= 0.3 is 0 Å². The lowest BCUT2D eigenvalue weighted by Gasteiger charge is -2.21. The highest BCUT2D eigenvalue weighted by Gasteiger charge is 2.10. The van der Waals surface area contributed by atoms with Gasteiger partial charge in [-0.3, -0.25) is 4.68 Å². The van der Waals surface area contributed by atoms with Crippen molar-refractivity contribution in [1.82, 2.24) is 15.1 Å². The van der Waals surface area contributed by atoms with Gasteiger partial charge in [-0.25, -0.2) is 0 Å². The molecule has 0 unspecified atom stereocenters. The molecule has 0 radical (unpaired) electrons. The number of hydrogen-bond donors (Lipinski definition) is 1. The number of nitrogens with zero attached hydrogens (tertiary/aromatic N) is 2. The summed E-state index contributed by atoms with van der Waals surface area (Å²) in [6.45, 7) is 10.7. The van der Waals surface area contributed by atoms with Crippen LogP contribution < -0.4 is 10.1 Å². The van der Waals surface area contributed by atoms with Gasteiger partial charge in [-0.1, -0.05) is 18.2 Å². The Hall–Kier alpha value is -1.81. The summed E-state index contributed by atoms with van der Waals surface area (Å²) in [6.07, 6.45) is 3.89. The molecule has 0 aliphatic rings. The molecular weight excluding hydrogens is 262 g/mol. The van der Waals surface area contributed by atoms with Gasteiger partial charge < -0.3 is 10.1 Å². The Morgan fingerprint density at radius 3 is 2.67 bits per heavy atom. The molecule has 2 rings (SSSR count). The van der Waals surface area contributed by atoms with E-state index in [2.05, 4.69) is 37.3 Å². The van der Waals surface area contributed by atoms with Crippen molar-refractivity contribution >= 4 is 0 Å². The van der Waals surface area contributed by atoms with Gasteiger partial charge in [0, 0.05) is 23.8 Å². The molecule has 0 aliphatic heterocycles. The molecule has 0 fully saturated rings. The van der Waals surface area contributed by atoms with Crippen molar-refractivity contribution in [1.29, 1.82) is 0 Å². The quantitative estimate of drug-likeness (QED) is 0.887. The molecule has 4 nitrogen and oxygen atoms in total. The van der Waals surface area contributed by atoms with Crippen LogP contribution in [0, 0.1) is 6.92 Å². The molecule has 0 atom stereocenters. The highest BCUT2D eigenvalue weighted by molar-refractivity contribution is 5.33. The van der Waals surface area contributed by atoms with Gasteiger partial charge in [0.25, 0.3) is 0 Å². The second-order valence-electron chi connectivity index (χ2n) is 6.34. The van der Waals surface area contributed by atoms with Crippen LogP contribution in [0.5, 0.6) is 5.75 Å². The minimum Gasteiger partial charge on any atom is -0.491 e. The van der Waals surface area contributed by atoms with Crippen LogP contribution in [0.25, 0.3) is 0 Å². The number of aromatic nitrogens is 2. The Kier molecular flexibility index (Phi) is 5.02. The van der Waals surface area contributed by atoms with Crippen molar-refractivity contribution in [2.24, 2.45) is 0 Å². The van der Waals surface area contributed by atoms with Crippen molar-refractivity contribution in [3.8, 4) is 5.75 Å². The van der Waals surface area contributed by atoms with Crippen LogP contribution in [-0.4, -0.2) is 21.9 Å². The highest BCUT2D eigenvalue weighted by Crippen LogP contribution is 2.18. The standard InChI is InChI=1S/C17H25N3O/c1-14-11-19-20(13-14)9-10-21-16-8-6-5-7-15(16)12-18-17(2,3)4/h5-8,11,13,18H,9-10,12H2,1-4H3. The number of ether oxygens (including phenoxy) is 1. The van der Waals surface area contributed by atoms with Crippen molar-refractivity contribution in [3.05, 3.63) is 47.8 Å². The molecule has 0 saturated heterocycles. The largest absolute Gasteiger partial charge is 0.491 e. The monoisotopic (exact) mass is 287 g/mol. The second-order valence-corrected chi connectivity index (χ2v) is 6.34. The summed E-state index contributed by atoms with van der Waals surface area (Å²) in [5, 5.41) is 7.75. The molecule has 114 valence electrons. The minimum atomic E-state index is 0.0969. The van der Waals surface area contributed by atoms with E-state index in [1.807, 2.05) is 42.2 Å². The van der Waals surface area contributed by atoms with Gasteiger partial charge in [-0.15, -0.1) is 0 Å². The number of benzene rings is 1. The molecule has 0 bridgehead atoms. The summed E-state index contributed by atoms with van der Waals surface area (Å²) >= 11 is 0. The van der Waals surface area contributed by atoms with E-state index in [0.717, 1.165) is 18.8 Å². The zero-order valence-electron chi connectivity index (χ0n) is 13.4. The molecular formula is C17H25N3O. The molecule has 0 amide bonds. The number of rotatable bonds is 6. The zero-order chi connectivity index (χ0) is 15.3. The normalized spacial score (nSPS) is 11.6. The zero-order valence-corrected chi connectivity index (χ0v) is 13.4. The molecule has 1 N–H and O–H groups in total. The molecule has 1 aromatic carbocycles. The molecule has 1 heterocycles. The lowest BCUT2D eigenvalue weighted by atomic mass is 10.1. The van der Waals surface area contributed by atoms with Crippen LogP contribution >= 0.6 is 0 Å². The minimum absolute atomic E-state index is 0.0969. The van der Waals surface area contributed by atoms with Crippen LogP contribution in [-0.2, 0) is 13.1 Å². The number of hydrogen-bond acceptors (Lipinski definition) is 3. The number of aryl methyl sites for hydroxylation is 1. The summed E-state index contributed by atoms with van der Waals surface area (Å²) in [5.74, 6) is 0.943. The van der Waals surface area contributed by atoms with Crippen LogP contribution in [0.2, 0.25) is 0 Å². The van der Waals surface area contributed by atoms with Gasteiger partial charge in [0.05, 0.1) is 12.7 Å². The Balaban J connectivity index is 1.90. The third kappa shape index (κ3) is 5.23. The first-order valence-electron chi connectivity index (χ1n) is 7.39. The number of nitrogens with one attached hydrogen (secondary N) is 1. The van der Waals surface area contributed by atoms with Crippen LogP contribution in [0.3, 0.4) is 0 Å². The average Bonchev–Trinajstić information content (AvgIpc) is 2.82. The predicted molar refractivity (Wildman–Crippen MR) is 85.5 cm³/mol. The Bertz CT molecular complexity index is 569. The highest BCUT2D eigenvalue weighted by atomic mass is 16.5. The van der Waals surface area contributed by atoms with E-state index in [4.69, 9.17) is 4.74 Å². The lowest BCUT2D eigenvalue weighted by molar-refractivity contribution is 0.286. The fraction of sp³-hybridized carbons (Fsp3) is 0.471. The maximum atomic E-state index is 5.91. The summed E-state index contributed by atoms with van der Waals surface area (Å²) in [4.78, 5) is 0. The molecule has 0 aliphatic carbocycles. The predicted octanol–water partition coefficient (Wildman–Crippen LogP) is 3.16. The molecule has 1 aromatic heterocycles. The van der Waals surface area contributed by atoms with Gasteiger partial charge in [-0.05, 0) is 39.3 Å². The molecule has 2 aromatic rings. The fourth-order valence-corrected chi connectivity index (χ4v) is 1.99. The molecule has 21 heavy (non-hydrogen) atoms. The summed E-state index contributed by atoms with van der Waals surface area (Å²) < 4.78 is 7.82. The molecule has 0 saturated carbocycles. The fourth-order valence-electron chi connectivity index (χ4n) is 1.99. The summed E-state index contributed by atoms with van der Waals surface area (Å²) in [5.41, 5.74) is 2.45. The van der Waals surface area contributed by atoms with Gasteiger partial charge in [0.15, 0.2) is 0 Å². The Labute approximate surface area is 127 Å². The van der Waals surface area contributed by atoms with Crippen LogP contribution in [0.4, 0.5) is 0 Å². The maximum Gasteiger partial charge on any atom is 0.123 e. The molecule has 0 spiro atoms. The maximum absolute atomic E-state index is 5.91. The Morgan fingerprint density at radius 1 is 1.24 bits per heavy atom. The van der Waals surface area contributed by atoms with E-state index in [9.17, 15) is 0 Å². The SMILES string of the molecule is Cc1cnn(CCOc2ccccc2CNC(C)(C)C)c1. The summed E-state index contributed by atoms with van der Waals surface area (Å²) in [6, 6.07) is 8.18. The van der Waals surface area contributed by atoms with E-state index in [1.165, 1.54) is 11.1 Å². The second kappa shape index (κ2) is 6.76. The van der Waals surface area contributed by atoms with Crippen LogP contribution in [0.15, 0.2) is 36.7 Å². The first-order valence-corrected chi connectivity index (χ1v) is 7.39. The first-order chi connectivity index (χ1) is 9.94. The Morgan fingerprint density at radius 2 is 2.00 bits per heavy atom. The lowest BCUT2D eigenvalue weighted by Crippen LogP contribution is -2.35. The topological polar surface area (TPSA) is 39.1 Å². The first kappa shape index (κ1) is 15.6. The van der Waals surface area contributed by atoms with E-state index < -0.39 is 0 Å². The van der Waals surface area contributed by atoms with Gasteiger partial charge in [0.1, 0.15) is 12.4 Å². The summed E-state index contributed by atoms with van der Waals surface area (Å²) in [7, 11) is 0. The van der Waals surface area contributed by atoms with Crippen molar-refractivity contribution in [2.75, 3.05) is 6.61 Å². The molecule has 4 heteroatoms. The van der Waals surface area contributed by atoms with Crippen molar-refractivity contribution < 1.29 is 4.74 Å². The van der Waals surface area contributed by atoms with E-state index in [-0.39, 0.29) is 5.54 Å². The third-order valence-corrected chi connectivity index (χ3v) is 3.12. The van der Waals surface area contributed by atoms with Gasteiger partial charge in [-0.2, -0.15) is 5.10 Å². The smallest absolute Gasteiger partial charge is 0.123 e. The van der Waals surface area contributed by atoms with E-state index in [0.29, 0.717) is 6.61 Å². The van der Waals surface area contributed by atoms with Crippen LogP contribution in [0.1, 0.15) is 31.9 Å². The van der Waals surface area contributed by atoms with Crippen molar-refractivity contribution in [3.63, 3.8) is 0 Å². The number of para-hydroxylation sites is 1. The van der Waals surface area contributed by atoms with Crippen molar-refractivity contribution in [2.45, 2.75) is 46.3 Å². The van der Waals surface area contributed by atoms with E-state index in [1.54, 1.807) is 0 Å². The average molecular weight is 287 g/mol. The third-order valence-electron chi connectivity index (χ3n) is 3.12. The van der Waals surface area contributed by atoms with E-state index >= 15 is 0 Å². The van der Waals surface area contributed by atoms with Gasteiger partial charge in [0.2, 0.25) is 0 Å².